The molecule has 0 unspecified atom stereocenters. The van der Waals surface area contributed by atoms with Crippen LogP contribution in [0.4, 0.5) is 11.4 Å². The van der Waals surface area contributed by atoms with Crippen LogP contribution in [0.25, 0.3) is 22.3 Å². The number of aryl methyl sites for hydroxylation is 2. The van der Waals surface area contributed by atoms with E-state index >= 15 is 0 Å². The largest absolute Gasteiger partial charge is 0.496 e. The van der Waals surface area contributed by atoms with Gasteiger partial charge in [-0.2, -0.15) is 0 Å². The first-order chi connectivity index (χ1) is 28.3. The molecule has 0 amide bonds. The first-order valence-electron chi connectivity index (χ1n) is 21.0. The van der Waals surface area contributed by atoms with Gasteiger partial charge in [0.2, 0.25) is 0 Å². The van der Waals surface area contributed by atoms with Gasteiger partial charge in [0.1, 0.15) is 36.2 Å². The molecule has 4 aliphatic rings. The molecule has 8 rings (SSSR count). The van der Waals surface area contributed by atoms with E-state index in [0.717, 1.165) is 117 Å². The Morgan fingerprint density at radius 1 is 0.603 bits per heavy atom. The van der Waals surface area contributed by atoms with Crippen molar-refractivity contribution in [3.05, 3.63) is 81.9 Å². The van der Waals surface area contributed by atoms with E-state index in [0.29, 0.717) is 70.7 Å². The summed E-state index contributed by atoms with van der Waals surface area (Å²) in [6, 6.07) is 15.3. The highest BCUT2D eigenvalue weighted by molar-refractivity contribution is 6.27. The van der Waals surface area contributed by atoms with Gasteiger partial charge in [-0.15, -0.1) is 0 Å². The van der Waals surface area contributed by atoms with Gasteiger partial charge in [-0.1, -0.05) is 51.0 Å². The summed E-state index contributed by atoms with van der Waals surface area (Å²) >= 11 is 0. The van der Waals surface area contributed by atoms with Crippen molar-refractivity contribution in [3.8, 4) is 45.3 Å². The highest BCUT2D eigenvalue weighted by atomic mass is 16.5. The second-order valence-electron chi connectivity index (χ2n) is 15.2. The van der Waals surface area contributed by atoms with Crippen molar-refractivity contribution >= 4 is 22.9 Å². The van der Waals surface area contributed by atoms with Crippen LogP contribution in [-0.4, -0.2) is 101 Å². The Labute approximate surface area is 342 Å². The summed E-state index contributed by atoms with van der Waals surface area (Å²) in [6.07, 6.45) is 6.06. The Morgan fingerprint density at radius 3 is 1.57 bits per heavy atom. The molecule has 0 radical (unpaired) electrons. The van der Waals surface area contributed by atoms with E-state index in [1.165, 1.54) is 12.8 Å². The van der Waals surface area contributed by atoms with Crippen LogP contribution in [0, 0.1) is 0 Å². The molecule has 0 spiro atoms. The van der Waals surface area contributed by atoms with Gasteiger partial charge in [-0.3, -0.25) is 19.4 Å². The van der Waals surface area contributed by atoms with Crippen LogP contribution in [-0.2, 0) is 17.6 Å². The predicted molar refractivity (Wildman–Crippen MR) is 229 cm³/mol. The van der Waals surface area contributed by atoms with Gasteiger partial charge in [0, 0.05) is 70.9 Å². The van der Waals surface area contributed by atoms with Gasteiger partial charge in [0.05, 0.1) is 38.1 Å². The maximum atomic E-state index is 13.3. The van der Waals surface area contributed by atoms with E-state index in [4.69, 9.17) is 35.2 Å². The number of carbonyl (C=O) groups excluding carboxylic acids is 2. The molecular formula is C47H58N4O7. The number of rotatable bonds is 15. The third-order valence-electron chi connectivity index (χ3n) is 11.5. The number of likely N-dealkylation sites (tertiary alicyclic amines) is 1. The van der Waals surface area contributed by atoms with E-state index in [2.05, 4.69) is 23.6 Å². The maximum absolute atomic E-state index is 13.3. The van der Waals surface area contributed by atoms with Crippen molar-refractivity contribution in [1.29, 1.82) is 0 Å². The number of nitrogen functional groups attached to an aromatic ring is 2. The van der Waals surface area contributed by atoms with Crippen molar-refractivity contribution in [2.24, 2.45) is 0 Å². The summed E-state index contributed by atoms with van der Waals surface area (Å²) < 4.78 is 29.4. The Morgan fingerprint density at radius 2 is 1.09 bits per heavy atom. The first kappa shape index (κ1) is 41.1. The molecule has 11 nitrogen and oxygen atoms in total. The smallest absolute Gasteiger partial charge is 0.196 e. The molecule has 2 fully saturated rings. The summed E-state index contributed by atoms with van der Waals surface area (Å²) in [5.74, 6) is 2.75. The second-order valence-corrected chi connectivity index (χ2v) is 15.2. The third-order valence-corrected chi connectivity index (χ3v) is 11.5. The number of ether oxygens (including phenoxy) is 5. The lowest BCUT2D eigenvalue weighted by atomic mass is 9.97. The molecule has 2 heterocycles. The number of carbonyl (C=O) groups is 2. The van der Waals surface area contributed by atoms with Crippen molar-refractivity contribution in [2.45, 2.75) is 59.3 Å². The summed E-state index contributed by atoms with van der Waals surface area (Å²) in [4.78, 5) is 31.2. The number of anilines is 2. The van der Waals surface area contributed by atoms with E-state index in [-0.39, 0.29) is 11.6 Å². The number of nitrogens with two attached hydrogens (primary N) is 2. The molecule has 2 aliphatic heterocycles. The van der Waals surface area contributed by atoms with E-state index < -0.39 is 0 Å². The van der Waals surface area contributed by atoms with Crippen LogP contribution in [0.2, 0.25) is 0 Å². The Hall–Kier alpha value is -5.10. The Kier molecular flexibility index (Phi) is 13.2. The van der Waals surface area contributed by atoms with Gasteiger partial charge < -0.3 is 35.2 Å². The standard InChI is InChI=1S/C24H30N2O4.C23H28N2O3/c1-3-6-16-15-19(29-4-2)21-20-17(24(27)22(21)23(16)25)7-5-8-18(20)30-14-11-26-9-12-28-13-10-26;1-3-7-15-14-18(27-2)20-19-16(23(26)21(20)22(15)24)8-6-9-17(19)28-13-12-25-10-4-5-11-25/h5,7-8,15H,3-4,6,9-14,25H2,1-2H3;6,8-9,14H,3-5,7,10-13,24H2,1-2H3. The quantitative estimate of drug-likeness (QED) is 0.100. The summed E-state index contributed by atoms with van der Waals surface area (Å²) in [5, 5.41) is 0. The normalized spacial score (nSPS) is 15.7. The summed E-state index contributed by atoms with van der Waals surface area (Å²) in [7, 11) is 1.64. The average Bonchev–Trinajstić information content (AvgIpc) is 3.95. The number of methoxy groups -OCH3 is 1. The number of morpholine rings is 1. The highest BCUT2D eigenvalue weighted by Gasteiger charge is 2.37. The molecule has 0 saturated carbocycles. The lowest BCUT2D eigenvalue weighted by Crippen LogP contribution is -2.38. The van der Waals surface area contributed by atoms with Crippen LogP contribution >= 0.6 is 0 Å². The minimum Gasteiger partial charge on any atom is -0.496 e. The number of hydrogen-bond donors (Lipinski definition) is 2. The molecule has 4 aromatic carbocycles. The van der Waals surface area contributed by atoms with Crippen molar-refractivity contribution < 1.29 is 33.3 Å². The van der Waals surface area contributed by atoms with Crippen molar-refractivity contribution in [2.75, 3.05) is 90.9 Å². The van der Waals surface area contributed by atoms with Gasteiger partial charge >= 0.3 is 0 Å². The molecule has 4 N–H and O–H groups in total. The van der Waals surface area contributed by atoms with Crippen LogP contribution in [0.5, 0.6) is 23.0 Å². The maximum Gasteiger partial charge on any atom is 0.196 e. The minimum absolute atomic E-state index is 0.0382. The lowest BCUT2D eigenvalue weighted by Gasteiger charge is -2.26. The highest BCUT2D eigenvalue weighted by Crippen LogP contribution is 2.52. The molecule has 0 bridgehead atoms. The van der Waals surface area contributed by atoms with Gasteiger partial charge in [0.25, 0.3) is 0 Å². The van der Waals surface area contributed by atoms with Crippen LogP contribution < -0.4 is 30.4 Å². The number of ketones is 2. The Balaban J connectivity index is 0.000000177. The molecule has 2 aliphatic carbocycles. The van der Waals surface area contributed by atoms with E-state index in [1.807, 2.05) is 55.5 Å². The SMILES string of the molecule is CCCc1cc(OC)c2c(c1N)C(=O)c1cccc(OCCN3CCCC3)c1-2.CCCc1cc(OCC)c2c(c1N)C(=O)c1cccc(OCCN3CCOCC3)c1-2. The zero-order valence-electron chi connectivity index (χ0n) is 34.5. The fourth-order valence-electron chi connectivity index (χ4n) is 8.67. The average molecular weight is 791 g/mol. The zero-order chi connectivity index (χ0) is 40.8. The molecule has 4 aromatic rings. The molecule has 2 saturated heterocycles. The monoisotopic (exact) mass is 790 g/mol. The molecule has 0 aromatic heterocycles. The second kappa shape index (κ2) is 18.7. The fourth-order valence-corrected chi connectivity index (χ4v) is 8.67. The minimum atomic E-state index is -0.0463. The van der Waals surface area contributed by atoms with Crippen LogP contribution in [0.3, 0.4) is 0 Å². The predicted octanol–water partition coefficient (Wildman–Crippen LogP) is 7.46. The number of benzene rings is 4. The number of nitrogens with zero attached hydrogens (tertiary/aromatic N) is 2. The lowest BCUT2D eigenvalue weighted by molar-refractivity contribution is 0.0323. The summed E-state index contributed by atoms with van der Waals surface area (Å²) in [6.45, 7) is 15.2. The van der Waals surface area contributed by atoms with Gasteiger partial charge in [-0.05, 0) is 81.1 Å². The fraction of sp³-hybridized carbons (Fsp3) is 0.447. The Bertz CT molecular complexity index is 2140. The van der Waals surface area contributed by atoms with Crippen molar-refractivity contribution in [1.82, 2.24) is 9.80 Å². The van der Waals surface area contributed by atoms with Gasteiger partial charge in [0.15, 0.2) is 11.6 Å². The van der Waals surface area contributed by atoms with Crippen LogP contribution in [0.15, 0.2) is 48.5 Å². The number of fused-ring (bicyclic) bond motifs is 6. The molecule has 58 heavy (non-hydrogen) atoms. The van der Waals surface area contributed by atoms with Gasteiger partial charge in [-0.25, -0.2) is 0 Å². The van der Waals surface area contributed by atoms with Crippen molar-refractivity contribution in [3.63, 3.8) is 0 Å². The summed E-state index contributed by atoms with van der Waals surface area (Å²) in [5.41, 5.74) is 21.5. The topological polar surface area (TPSA) is 139 Å². The molecule has 308 valence electrons. The molecule has 11 heteroatoms. The van der Waals surface area contributed by atoms with E-state index in [9.17, 15) is 9.59 Å². The number of hydrogen-bond acceptors (Lipinski definition) is 11. The zero-order valence-corrected chi connectivity index (χ0v) is 34.5. The van der Waals surface area contributed by atoms with E-state index in [1.54, 1.807) is 7.11 Å². The molecular weight excluding hydrogens is 733 g/mol. The molecule has 0 atom stereocenters. The third kappa shape index (κ3) is 8.12. The van der Waals surface area contributed by atoms with Crippen LogP contribution in [0.1, 0.15) is 89.4 Å². The first-order valence-corrected chi connectivity index (χ1v) is 21.0.